The highest BCUT2D eigenvalue weighted by Gasteiger charge is 2.25. The molecule has 4 N–H and O–H groups in total. The number of hydrogen-bond donors (Lipinski definition) is 4. The van der Waals surface area contributed by atoms with Crippen LogP contribution in [0.3, 0.4) is 0 Å². The van der Waals surface area contributed by atoms with Crippen LogP contribution >= 0.6 is 0 Å². The molecule has 8 heteroatoms. The molecular weight excluding hydrogens is 260 g/mol. The predicted molar refractivity (Wildman–Crippen MR) is 67.0 cm³/mol. The number of nitrogens with one attached hydrogen (secondary N) is 1. The van der Waals surface area contributed by atoms with Gasteiger partial charge >= 0.3 is 0 Å². The molecule has 1 fully saturated rings. The minimum absolute atomic E-state index is 0.0297. The van der Waals surface area contributed by atoms with Gasteiger partial charge in [0.15, 0.2) is 0 Å². The van der Waals surface area contributed by atoms with E-state index in [-0.39, 0.29) is 24.9 Å². The molecular formula is C10H22N2O5S. The Hall–Kier alpha value is -0.250. The second-order valence-electron chi connectivity index (χ2n) is 4.58. The normalized spacial score (nSPS) is 24.1. The first-order valence-corrected chi connectivity index (χ1v) is 7.72. The summed E-state index contributed by atoms with van der Waals surface area (Å²) in [6.07, 6.45) is 0.218. The molecule has 108 valence electrons. The van der Waals surface area contributed by atoms with Crippen LogP contribution in [0.15, 0.2) is 0 Å². The van der Waals surface area contributed by atoms with Crippen molar-refractivity contribution >= 4 is 10.1 Å². The molecule has 0 aliphatic carbocycles. The molecule has 1 aliphatic heterocycles. The summed E-state index contributed by atoms with van der Waals surface area (Å²) in [5.41, 5.74) is 0. The Morgan fingerprint density at radius 1 is 1.44 bits per heavy atom. The molecule has 1 aliphatic rings. The fourth-order valence-corrected chi connectivity index (χ4v) is 2.61. The zero-order valence-corrected chi connectivity index (χ0v) is 11.1. The van der Waals surface area contributed by atoms with Crippen LogP contribution in [0.25, 0.3) is 0 Å². The Morgan fingerprint density at radius 3 is 2.78 bits per heavy atom. The van der Waals surface area contributed by atoms with Crippen LogP contribution in [0.1, 0.15) is 12.8 Å². The van der Waals surface area contributed by atoms with Gasteiger partial charge in [0.05, 0.1) is 11.9 Å². The van der Waals surface area contributed by atoms with Gasteiger partial charge in [0, 0.05) is 38.8 Å². The smallest absolute Gasteiger partial charge is 0.266 e. The second-order valence-corrected chi connectivity index (χ2v) is 6.15. The lowest BCUT2D eigenvalue weighted by atomic mass is 10.0. The van der Waals surface area contributed by atoms with Crippen molar-refractivity contribution in [2.75, 3.05) is 38.5 Å². The molecule has 0 aromatic rings. The molecule has 1 rings (SSSR count). The van der Waals surface area contributed by atoms with Crippen molar-refractivity contribution in [2.24, 2.45) is 0 Å². The van der Waals surface area contributed by atoms with E-state index < -0.39 is 16.2 Å². The fourth-order valence-electron chi connectivity index (χ4n) is 2.14. The van der Waals surface area contributed by atoms with Crippen LogP contribution in [-0.4, -0.2) is 78.8 Å². The molecule has 1 saturated heterocycles. The van der Waals surface area contributed by atoms with E-state index in [9.17, 15) is 13.5 Å². The summed E-state index contributed by atoms with van der Waals surface area (Å²) in [6, 6.07) is 0.0297. The molecule has 2 atom stereocenters. The SMILES string of the molecule is O=S(=O)(O)CCN1CCNCC1CC(O)CCO. The van der Waals surface area contributed by atoms with Crippen molar-refractivity contribution in [3.05, 3.63) is 0 Å². The highest BCUT2D eigenvalue weighted by Crippen LogP contribution is 2.11. The molecule has 18 heavy (non-hydrogen) atoms. The van der Waals surface area contributed by atoms with Crippen molar-refractivity contribution in [1.82, 2.24) is 10.2 Å². The lowest BCUT2D eigenvalue weighted by Gasteiger charge is -2.37. The first-order valence-electron chi connectivity index (χ1n) is 6.11. The quantitative estimate of drug-likeness (QED) is 0.411. The Balaban J connectivity index is 2.46. The zero-order valence-electron chi connectivity index (χ0n) is 10.3. The summed E-state index contributed by atoms with van der Waals surface area (Å²) in [7, 11) is -3.95. The Kier molecular flexibility index (Phi) is 6.47. The van der Waals surface area contributed by atoms with Crippen LogP contribution in [0.4, 0.5) is 0 Å². The molecule has 0 amide bonds. The van der Waals surface area contributed by atoms with Crippen LogP contribution < -0.4 is 5.32 Å². The fraction of sp³-hybridized carbons (Fsp3) is 1.00. The van der Waals surface area contributed by atoms with Crippen molar-refractivity contribution < 1.29 is 23.2 Å². The minimum Gasteiger partial charge on any atom is -0.396 e. The number of nitrogens with zero attached hydrogens (tertiary/aromatic N) is 1. The van der Waals surface area contributed by atoms with Gasteiger partial charge in [-0.25, -0.2) is 0 Å². The maximum absolute atomic E-state index is 10.7. The summed E-state index contributed by atoms with van der Waals surface area (Å²) in [5.74, 6) is -0.292. The molecule has 0 spiro atoms. The molecule has 1 heterocycles. The van der Waals surface area contributed by atoms with Crippen molar-refractivity contribution in [3.8, 4) is 0 Å². The van der Waals surface area contributed by atoms with E-state index in [1.165, 1.54) is 0 Å². The lowest BCUT2D eigenvalue weighted by molar-refractivity contribution is 0.0728. The van der Waals surface area contributed by atoms with Gasteiger partial charge in [0.2, 0.25) is 0 Å². The van der Waals surface area contributed by atoms with Gasteiger partial charge in [-0.15, -0.1) is 0 Å². The summed E-state index contributed by atoms with van der Waals surface area (Å²) in [6.45, 7) is 2.32. The van der Waals surface area contributed by atoms with Gasteiger partial charge in [0.25, 0.3) is 10.1 Å². The standard InChI is InChI=1S/C10H22N2O5S/c13-5-1-10(14)7-9-8-11-2-3-12(9)4-6-18(15,16)17/h9-11,13-14H,1-8H2,(H,15,16,17). The topological polar surface area (TPSA) is 110 Å². The Morgan fingerprint density at radius 2 is 2.17 bits per heavy atom. The van der Waals surface area contributed by atoms with Gasteiger partial charge in [-0.05, 0) is 12.8 Å². The third kappa shape index (κ3) is 6.07. The van der Waals surface area contributed by atoms with E-state index in [0.717, 1.165) is 6.54 Å². The molecule has 0 saturated carbocycles. The van der Waals surface area contributed by atoms with E-state index in [4.69, 9.17) is 9.66 Å². The highest BCUT2D eigenvalue weighted by molar-refractivity contribution is 7.85. The van der Waals surface area contributed by atoms with Crippen LogP contribution in [-0.2, 0) is 10.1 Å². The maximum Gasteiger partial charge on any atom is 0.266 e. The maximum atomic E-state index is 10.7. The molecule has 2 unspecified atom stereocenters. The average molecular weight is 282 g/mol. The summed E-state index contributed by atoms with van der Waals surface area (Å²) >= 11 is 0. The summed E-state index contributed by atoms with van der Waals surface area (Å²) < 4.78 is 30.2. The second kappa shape index (κ2) is 7.37. The summed E-state index contributed by atoms with van der Waals surface area (Å²) in [5, 5.41) is 21.6. The largest absolute Gasteiger partial charge is 0.396 e. The Bertz CT molecular complexity index is 335. The summed E-state index contributed by atoms with van der Waals surface area (Å²) in [4.78, 5) is 1.95. The van der Waals surface area contributed by atoms with E-state index in [2.05, 4.69) is 5.32 Å². The predicted octanol–water partition coefficient (Wildman–Crippen LogP) is -1.72. The van der Waals surface area contributed by atoms with Crippen molar-refractivity contribution in [3.63, 3.8) is 0 Å². The van der Waals surface area contributed by atoms with E-state index in [1.807, 2.05) is 4.90 Å². The monoisotopic (exact) mass is 282 g/mol. The number of aliphatic hydroxyl groups is 2. The molecule has 0 radical (unpaired) electrons. The van der Waals surface area contributed by atoms with Crippen molar-refractivity contribution in [2.45, 2.75) is 25.0 Å². The van der Waals surface area contributed by atoms with E-state index in [1.54, 1.807) is 0 Å². The minimum atomic E-state index is -3.95. The average Bonchev–Trinajstić information content (AvgIpc) is 2.27. The molecule has 0 aromatic carbocycles. The first-order chi connectivity index (χ1) is 8.42. The lowest BCUT2D eigenvalue weighted by Crippen LogP contribution is -2.53. The first kappa shape index (κ1) is 15.8. The number of hydrogen-bond acceptors (Lipinski definition) is 6. The van der Waals surface area contributed by atoms with E-state index >= 15 is 0 Å². The van der Waals surface area contributed by atoms with E-state index in [0.29, 0.717) is 25.9 Å². The van der Waals surface area contributed by atoms with Crippen LogP contribution in [0.2, 0.25) is 0 Å². The van der Waals surface area contributed by atoms with Crippen LogP contribution in [0, 0.1) is 0 Å². The van der Waals surface area contributed by atoms with Crippen LogP contribution in [0.5, 0.6) is 0 Å². The van der Waals surface area contributed by atoms with Gasteiger partial charge in [0.1, 0.15) is 0 Å². The van der Waals surface area contributed by atoms with Crippen molar-refractivity contribution in [1.29, 1.82) is 0 Å². The third-order valence-electron chi connectivity index (χ3n) is 3.12. The Labute approximate surface area is 108 Å². The third-order valence-corrected chi connectivity index (χ3v) is 3.81. The zero-order chi connectivity index (χ0) is 13.6. The number of piperazine rings is 1. The molecule has 0 aromatic heterocycles. The number of rotatable bonds is 7. The molecule has 0 bridgehead atoms. The highest BCUT2D eigenvalue weighted by atomic mass is 32.2. The van der Waals surface area contributed by atoms with Gasteiger partial charge < -0.3 is 15.5 Å². The van der Waals surface area contributed by atoms with Gasteiger partial charge in [-0.1, -0.05) is 0 Å². The van der Waals surface area contributed by atoms with Gasteiger partial charge in [-0.2, -0.15) is 8.42 Å². The number of aliphatic hydroxyl groups excluding tert-OH is 2. The molecule has 7 nitrogen and oxygen atoms in total. The van der Waals surface area contributed by atoms with Gasteiger partial charge in [-0.3, -0.25) is 9.45 Å².